The van der Waals surface area contributed by atoms with Crippen LogP contribution in [0.25, 0.3) is 0 Å². The lowest BCUT2D eigenvalue weighted by molar-refractivity contribution is 0.227. The van der Waals surface area contributed by atoms with Gasteiger partial charge in [-0.2, -0.15) is 0 Å². The van der Waals surface area contributed by atoms with Crippen LogP contribution in [0.15, 0.2) is 34.5 Å². The Morgan fingerprint density at radius 2 is 1.93 bits per heavy atom. The average Bonchev–Trinajstić information content (AvgIpc) is 2.65. The first-order chi connectivity index (χ1) is 7.16. The topological polar surface area (TPSA) is 34.0 Å². The fraction of sp³-hybridized carbons (Fsp3) is 0.364. The van der Waals surface area contributed by atoms with Gasteiger partial charge in [-0.05, 0) is 23.7 Å². The Hall–Kier alpha value is -1.29. The summed E-state index contributed by atoms with van der Waals surface area (Å²) in [4.78, 5) is 0. The number of ether oxygens (including phenoxy) is 1. The van der Waals surface area contributed by atoms with Crippen LogP contribution < -0.4 is 0 Å². The molecule has 0 fully saturated rings. The van der Waals surface area contributed by atoms with Crippen molar-refractivity contribution in [3.05, 3.63) is 35.4 Å². The third kappa shape index (κ3) is 2.21. The number of thiocarbonyl (C=S) groups is 1. The molecule has 2 rings (SSSR count). The summed E-state index contributed by atoms with van der Waals surface area (Å²) >= 11 is 4.78. The summed E-state index contributed by atoms with van der Waals surface area (Å²) in [6, 6.07) is 8.18. The fourth-order valence-corrected chi connectivity index (χ4v) is 1.56. The van der Waals surface area contributed by atoms with Gasteiger partial charge in [0, 0.05) is 5.56 Å². The van der Waals surface area contributed by atoms with Gasteiger partial charge in [0.25, 0.3) is 0 Å². The maximum atomic E-state index is 5.25. The van der Waals surface area contributed by atoms with Gasteiger partial charge in [-0.15, -0.1) is 10.2 Å². The quantitative estimate of drug-likeness (QED) is 0.714. The Labute approximate surface area is 94.2 Å². The van der Waals surface area contributed by atoms with Crippen molar-refractivity contribution in [3.8, 4) is 0 Å². The first-order valence-corrected chi connectivity index (χ1v) is 5.29. The molecule has 1 unspecified atom stereocenters. The van der Waals surface area contributed by atoms with E-state index in [0.29, 0.717) is 5.92 Å². The van der Waals surface area contributed by atoms with Crippen LogP contribution in [0, 0.1) is 0 Å². The van der Waals surface area contributed by atoms with Crippen LogP contribution in [-0.4, -0.2) is 5.17 Å². The van der Waals surface area contributed by atoms with Crippen LogP contribution >= 0.6 is 12.2 Å². The SMILES string of the molecule is CC(C)c1ccc(C2N=NC(=S)O2)cc1. The number of nitrogens with zero attached hydrogens (tertiary/aromatic N) is 2. The molecule has 0 radical (unpaired) electrons. The molecule has 0 saturated heterocycles. The molecule has 0 aliphatic carbocycles. The van der Waals surface area contributed by atoms with E-state index >= 15 is 0 Å². The van der Waals surface area contributed by atoms with E-state index in [-0.39, 0.29) is 11.4 Å². The smallest absolute Gasteiger partial charge is 0.304 e. The number of hydrogen-bond acceptors (Lipinski definition) is 3. The van der Waals surface area contributed by atoms with Gasteiger partial charge >= 0.3 is 5.17 Å². The van der Waals surface area contributed by atoms with E-state index in [1.54, 1.807) is 0 Å². The molecule has 0 spiro atoms. The molecule has 0 N–H and O–H groups in total. The maximum Gasteiger partial charge on any atom is 0.304 e. The first-order valence-electron chi connectivity index (χ1n) is 4.88. The minimum Gasteiger partial charge on any atom is -0.436 e. The number of benzene rings is 1. The lowest BCUT2D eigenvalue weighted by Gasteiger charge is -2.09. The molecule has 1 aliphatic rings. The Balaban J connectivity index is 2.17. The standard InChI is InChI=1S/C11H12N2OS/c1-7(2)8-3-5-9(6-4-8)10-12-13-11(15)14-10/h3-7,10H,1-2H3. The molecule has 0 amide bonds. The van der Waals surface area contributed by atoms with Crippen molar-refractivity contribution in [1.82, 2.24) is 0 Å². The minimum absolute atomic E-state index is 0.216. The summed E-state index contributed by atoms with van der Waals surface area (Å²) in [6.07, 6.45) is -0.348. The van der Waals surface area contributed by atoms with Crippen LogP contribution in [0.1, 0.15) is 37.1 Å². The number of rotatable bonds is 2. The maximum absolute atomic E-state index is 5.25. The Morgan fingerprint density at radius 3 is 2.40 bits per heavy atom. The van der Waals surface area contributed by atoms with E-state index in [0.717, 1.165) is 5.56 Å². The molecule has 4 heteroatoms. The highest BCUT2D eigenvalue weighted by atomic mass is 32.1. The molecule has 15 heavy (non-hydrogen) atoms. The van der Waals surface area contributed by atoms with Crippen molar-refractivity contribution in [2.24, 2.45) is 10.2 Å². The van der Waals surface area contributed by atoms with Crippen molar-refractivity contribution in [1.29, 1.82) is 0 Å². The minimum atomic E-state index is -0.348. The lowest BCUT2D eigenvalue weighted by Crippen LogP contribution is -1.98. The van der Waals surface area contributed by atoms with Gasteiger partial charge in [-0.25, -0.2) is 0 Å². The molecule has 0 saturated carbocycles. The van der Waals surface area contributed by atoms with Gasteiger partial charge in [0.15, 0.2) is 0 Å². The summed E-state index contributed by atoms with van der Waals surface area (Å²) in [5.74, 6) is 0.534. The van der Waals surface area contributed by atoms with Crippen molar-refractivity contribution in [3.63, 3.8) is 0 Å². The Bertz CT molecular complexity index is 398. The van der Waals surface area contributed by atoms with E-state index in [4.69, 9.17) is 17.0 Å². The third-order valence-electron chi connectivity index (χ3n) is 2.34. The van der Waals surface area contributed by atoms with Gasteiger partial charge < -0.3 is 4.74 Å². The zero-order valence-corrected chi connectivity index (χ0v) is 9.49. The predicted molar refractivity (Wildman–Crippen MR) is 61.8 cm³/mol. The molecular weight excluding hydrogens is 208 g/mol. The van der Waals surface area contributed by atoms with Gasteiger partial charge in [-0.3, -0.25) is 0 Å². The van der Waals surface area contributed by atoms with Gasteiger partial charge in [0.2, 0.25) is 6.23 Å². The molecule has 1 aliphatic heterocycles. The first kappa shape index (κ1) is 10.2. The van der Waals surface area contributed by atoms with Crippen molar-refractivity contribution in [2.45, 2.75) is 26.0 Å². The predicted octanol–water partition coefficient (Wildman–Crippen LogP) is 3.58. The Kier molecular flexibility index (Phi) is 2.77. The molecule has 3 nitrogen and oxygen atoms in total. The van der Waals surface area contributed by atoms with Crippen molar-refractivity contribution < 1.29 is 4.74 Å². The monoisotopic (exact) mass is 220 g/mol. The van der Waals surface area contributed by atoms with Crippen LogP contribution in [0.4, 0.5) is 0 Å². The van der Waals surface area contributed by atoms with Crippen molar-refractivity contribution >= 4 is 17.4 Å². The van der Waals surface area contributed by atoms with E-state index in [9.17, 15) is 0 Å². The van der Waals surface area contributed by atoms with Crippen LogP contribution in [-0.2, 0) is 4.74 Å². The van der Waals surface area contributed by atoms with E-state index in [1.807, 2.05) is 12.1 Å². The molecule has 0 aromatic heterocycles. The second-order valence-corrected chi connectivity index (χ2v) is 4.12. The van der Waals surface area contributed by atoms with Crippen LogP contribution in [0.2, 0.25) is 0 Å². The van der Waals surface area contributed by atoms with Crippen LogP contribution in [0.3, 0.4) is 0 Å². The highest BCUT2D eigenvalue weighted by molar-refractivity contribution is 7.80. The summed E-state index contributed by atoms with van der Waals surface area (Å²) in [6.45, 7) is 4.33. The third-order valence-corrected chi connectivity index (χ3v) is 2.52. The van der Waals surface area contributed by atoms with E-state index in [2.05, 4.69) is 36.2 Å². The molecule has 1 aromatic carbocycles. The Morgan fingerprint density at radius 1 is 1.27 bits per heavy atom. The normalized spacial score (nSPS) is 19.7. The van der Waals surface area contributed by atoms with Crippen LogP contribution in [0.5, 0.6) is 0 Å². The highest BCUT2D eigenvalue weighted by Gasteiger charge is 2.19. The van der Waals surface area contributed by atoms with Crippen molar-refractivity contribution in [2.75, 3.05) is 0 Å². The summed E-state index contributed by atoms with van der Waals surface area (Å²) < 4.78 is 5.25. The van der Waals surface area contributed by atoms with E-state index < -0.39 is 0 Å². The fourth-order valence-electron chi connectivity index (χ4n) is 1.42. The molecule has 0 bridgehead atoms. The average molecular weight is 220 g/mol. The lowest BCUT2D eigenvalue weighted by atomic mass is 10.0. The molecule has 1 heterocycles. The molecule has 78 valence electrons. The second kappa shape index (κ2) is 4.06. The van der Waals surface area contributed by atoms with Gasteiger partial charge in [-0.1, -0.05) is 38.1 Å². The number of azo groups is 1. The van der Waals surface area contributed by atoms with E-state index in [1.165, 1.54) is 5.56 Å². The molecule has 1 aromatic rings. The molecule has 1 atom stereocenters. The molecular formula is C11H12N2OS. The largest absolute Gasteiger partial charge is 0.436 e. The zero-order valence-electron chi connectivity index (χ0n) is 8.68. The van der Waals surface area contributed by atoms with Gasteiger partial charge in [0.1, 0.15) is 0 Å². The van der Waals surface area contributed by atoms with Gasteiger partial charge in [0.05, 0.1) is 0 Å². The zero-order chi connectivity index (χ0) is 10.8. The second-order valence-electron chi connectivity index (χ2n) is 3.77. The highest BCUT2D eigenvalue weighted by Crippen LogP contribution is 2.26. The summed E-state index contributed by atoms with van der Waals surface area (Å²) in [5, 5.41) is 7.82. The summed E-state index contributed by atoms with van der Waals surface area (Å²) in [5.41, 5.74) is 2.29. The summed E-state index contributed by atoms with van der Waals surface area (Å²) in [7, 11) is 0. The number of hydrogen-bond donors (Lipinski definition) is 0.